The van der Waals surface area contributed by atoms with E-state index in [1.807, 2.05) is 25.1 Å². The molecule has 0 saturated carbocycles. The molecule has 1 amide bonds. The Bertz CT molecular complexity index is 468. The van der Waals surface area contributed by atoms with Crippen molar-refractivity contribution in [1.29, 1.82) is 0 Å². The molecular weight excluding hydrogens is 244 g/mol. The van der Waals surface area contributed by atoms with E-state index >= 15 is 0 Å². The van der Waals surface area contributed by atoms with Gasteiger partial charge in [0, 0.05) is 18.8 Å². The molecule has 3 N–H and O–H groups in total. The van der Waals surface area contributed by atoms with Crippen LogP contribution in [0.15, 0.2) is 18.2 Å². The van der Waals surface area contributed by atoms with E-state index in [9.17, 15) is 4.79 Å². The molecule has 0 atom stereocenters. The van der Waals surface area contributed by atoms with E-state index in [0.717, 1.165) is 16.9 Å². The highest BCUT2D eigenvalue weighted by Gasteiger charge is 2.43. The first-order valence-electron chi connectivity index (χ1n) is 6.38. The number of nitrogens with two attached hydrogens (primary N) is 1. The summed E-state index contributed by atoms with van der Waals surface area (Å²) in [5, 5.41) is 0. The molecule has 104 valence electrons. The molecule has 5 heteroatoms. The third-order valence-corrected chi connectivity index (χ3v) is 3.78. The molecule has 0 spiro atoms. The maximum atomic E-state index is 12.3. The number of hydrogen-bond donors (Lipinski definition) is 2. The van der Waals surface area contributed by atoms with Crippen molar-refractivity contribution in [2.75, 3.05) is 20.3 Å². The van der Waals surface area contributed by atoms with Gasteiger partial charge in [0.1, 0.15) is 5.75 Å². The lowest BCUT2D eigenvalue weighted by Gasteiger charge is -2.36. The summed E-state index contributed by atoms with van der Waals surface area (Å²) in [6.45, 7) is 3.09. The van der Waals surface area contributed by atoms with E-state index in [1.54, 1.807) is 7.11 Å². The van der Waals surface area contributed by atoms with Crippen LogP contribution in [0.25, 0.3) is 0 Å². The standard InChI is InChI=1S/C14H20N2O3/c1-10-3-4-12(18-2)11(9-10)14(13(17)16-15)5-7-19-8-6-14/h3-4,9H,5-8,15H2,1-2H3,(H,16,17). The third-order valence-electron chi connectivity index (χ3n) is 3.78. The zero-order valence-electron chi connectivity index (χ0n) is 11.4. The molecule has 1 aliphatic rings. The smallest absolute Gasteiger partial charge is 0.244 e. The zero-order chi connectivity index (χ0) is 13.9. The van der Waals surface area contributed by atoms with Crippen LogP contribution in [0.4, 0.5) is 0 Å². The Morgan fingerprint density at radius 1 is 1.42 bits per heavy atom. The van der Waals surface area contributed by atoms with Gasteiger partial charge in [-0.2, -0.15) is 0 Å². The van der Waals surface area contributed by atoms with Crippen molar-refractivity contribution < 1.29 is 14.3 Å². The number of carbonyl (C=O) groups is 1. The average Bonchev–Trinajstić information content (AvgIpc) is 2.47. The number of carbonyl (C=O) groups excluding carboxylic acids is 1. The number of hydrazine groups is 1. The molecule has 1 aromatic carbocycles. The molecule has 0 aromatic heterocycles. The molecule has 1 saturated heterocycles. The van der Waals surface area contributed by atoms with Crippen LogP contribution in [0.2, 0.25) is 0 Å². The fourth-order valence-corrected chi connectivity index (χ4v) is 2.67. The van der Waals surface area contributed by atoms with Gasteiger partial charge >= 0.3 is 0 Å². The summed E-state index contributed by atoms with van der Waals surface area (Å²) < 4.78 is 10.8. The quantitative estimate of drug-likeness (QED) is 0.486. The van der Waals surface area contributed by atoms with E-state index in [2.05, 4.69) is 5.43 Å². The van der Waals surface area contributed by atoms with Gasteiger partial charge in [-0.25, -0.2) is 5.84 Å². The predicted octanol–water partition coefficient (Wildman–Crippen LogP) is 1.04. The molecular formula is C14H20N2O3. The van der Waals surface area contributed by atoms with Crippen molar-refractivity contribution in [2.24, 2.45) is 5.84 Å². The SMILES string of the molecule is COc1ccc(C)cc1C1(C(=O)NN)CCOCC1. The van der Waals surface area contributed by atoms with Gasteiger partial charge in [-0.3, -0.25) is 10.2 Å². The highest BCUT2D eigenvalue weighted by atomic mass is 16.5. The Kier molecular flexibility index (Phi) is 4.07. The van der Waals surface area contributed by atoms with Crippen molar-refractivity contribution in [3.05, 3.63) is 29.3 Å². The van der Waals surface area contributed by atoms with Gasteiger partial charge in [0.25, 0.3) is 0 Å². The second-order valence-electron chi connectivity index (χ2n) is 4.87. The number of ether oxygens (including phenoxy) is 2. The average molecular weight is 264 g/mol. The number of aryl methyl sites for hydroxylation is 1. The Morgan fingerprint density at radius 2 is 2.11 bits per heavy atom. The van der Waals surface area contributed by atoms with Crippen LogP contribution >= 0.6 is 0 Å². The number of hydrogen-bond acceptors (Lipinski definition) is 4. The molecule has 1 aromatic rings. The molecule has 1 aliphatic heterocycles. The predicted molar refractivity (Wildman–Crippen MR) is 71.8 cm³/mol. The van der Waals surface area contributed by atoms with Crippen LogP contribution in [0.5, 0.6) is 5.75 Å². The van der Waals surface area contributed by atoms with Crippen molar-refractivity contribution in [3.63, 3.8) is 0 Å². The number of benzene rings is 1. The number of nitrogens with one attached hydrogen (secondary N) is 1. The van der Waals surface area contributed by atoms with E-state index in [0.29, 0.717) is 26.1 Å². The second kappa shape index (κ2) is 5.59. The van der Waals surface area contributed by atoms with Crippen LogP contribution in [-0.2, 0) is 14.9 Å². The van der Waals surface area contributed by atoms with E-state index in [1.165, 1.54) is 0 Å². The topological polar surface area (TPSA) is 73.6 Å². The Balaban J connectivity index is 2.54. The highest BCUT2D eigenvalue weighted by Crippen LogP contribution is 2.40. The second-order valence-corrected chi connectivity index (χ2v) is 4.87. The largest absolute Gasteiger partial charge is 0.496 e. The van der Waals surface area contributed by atoms with Gasteiger partial charge in [0.05, 0.1) is 12.5 Å². The zero-order valence-corrected chi connectivity index (χ0v) is 11.4. The minimum atomic E-state index is -0.662. The van der Waals surface area contributed by atoms with Crippen LogP contribution < -0.4 is 16.0 Å². The highest BCUT2D eigenvalue weighted by molar-refractivity contribution is 5.88. The van der Waals surface area contributed by atoms with Gasteiger partial charge in [0.15, 0.2) is 0 Å². The molecule has 19 heavy (non-hydrogen) atoms. The van der Waals surface area contributed by atoms with Crippen LogP contribution in [0.1, 0.15) is 24.0 Å². The molecule has 1 heterocycles. The summed E-state index contributed by atoms with van der Waals surface area (Å²) in [5.41, 5.74) is 3.61. The van der Waals surface area contributed by atoms with E-state index in [-0.39, 0.29) is 5.91 Å². The van der Waals surface area contributed by atoms with Gasteiger partial charge in [-0.05, 0) is 25.8 Å². The first-order chi connectivity index (χ1) is 9.14. The third kappa shape index (κ3) is 2.43. The van der Waals surface area contributed by atoms with Crippen molar-refractivity contribution in [2.45, 2.75) is 25.2 Å². The Morgan fingerprint density at radius 3 is 2.68 bits per heavy atom. The number of rotatable bonds is 3. The van der Waals surface area contributed by atoms with Gasteiger partial charge in [0.2, 0.25) is 5.91 Å². The normalized spacial score (nSPS) is 17.8. The number of methoxy groups -OCH3 is 1. The van der Waals surface area contributed by atoms with E-state index in [4.69, 9.17) is 15.3 Å². The maximum absolute atomic E-state index is 12.3. The van der Waals surface area contributed by atoms with Crippen molar-refractivity contribution >= 4 is 5.91 Å². The van der Waals surface area contributed by atoms with E-state index < -0.39 is 5.41 Å². The first-order valence-corrected chi connectivity index (χ1v) is 6.38. The molecule has 0 unspecified atom stereocenters. The maximum Gasteiger partial charge on any atom is 0.244 e. The van der Waals surface area contributed by atoms with Gasteiger partial charge < -0.3 is 9.47 Å². The summed E-state index contributed by atoms with van der Waals surface area (Å²) in [6.07, 6.45) is 1.21. The van der Waals surface area contributed by atoms with Crippen molar-refractivity contribution in [3.8, 4) is 5.75 Å². The van der Waals surface area contributed by atoms with Crippen molar-refractivity contribution in [1.82, 2.24) is 5.43 Å². The molecule has 1 fully saturated rings. The molecule has 0 radical (unpaired) electrons. The lowest BCUT2D eigenvalue weighted by atomic mass is 9.72. The lowest BCUT2D eigenvalue weighted by molar-refractivity contribution is -0.130. The minimum Gasteiger partial charge on any atom is -0.496 e. The van der Waals surface area contributed by atoms with Crippen LogP contribution in [0.3, 0.4) is 0 Å². The Labute approximate surface area is 113 Å². The fraction of sp³-hybridized carbons (Fsp3) is 0.500. The number of amides is 1. The molecule has 2 rings (SSSR count). The summed E-state index contributed by atoms with van der Waals surface area (Å²) >= 11 is 0. The summed E-state index contributed by atoms with van der Waals surface area (Å²) in [4.78, 5) is 12.3. The first kappa shape index (κ1) is 13.8. The molecule has 0 aliphatic carbocycles. The fourth-order valence-electron chi connectivity index (χ4n) is 2.67. The monoisotopic (exact) mass is 264 g/mol. The summed E-state index contributed by atoms with van der Waals surface area (Å²) in [7, 11) is 1.61. The lowest BCUT2D eigenvalue weighted by Crippen LogP contribution is -2.50. The van der Waals surface area contributed by atoms with Crippen LogP contribution in [-0.4, -0.2) is 26.2 Å². The van der Waals surface area contributed by atoms with Gasteiger partial charge in [-0.15, -0.1) is 0 Å². The minimum absolute atomic E-state index is 0.181. The van der Waals surface area contributed by atoms with Gasteiger partial charge in [-0.1, -0.05) is 17.7 Å². The molecule has 0 bridgehead atoms. The molecule has 5 nitrogen and oxygen atoms in total. The summed E-state index contributed by atoms with van der Waals surface area (Å²) in [5.74, 6) is 5.91. The summed E-state index contributed by atoms with van der Waals surface area (Å²) in [6, 6.07) is 5.86. The Hall–Kier alpha value is -1.59. The van der Waals surface area contributed by atoms with Crippen LogP contribution in [0, 0.1) is 6.92 Å².